The van der Waals surface area contributed by atoms with E-state index < -0.39 is 40.3 Å². The van der Waals surface area contributed by atoms with E-state index in [2.05, 4.69) is 10.6 Å². The third kappa shape index (κ3) is 3.80. The van der Waals surface area contributed by atoms with Crippen molar-refractivity contribution in [3.63, 3.8) is 0 Å². The van der Waals surface area contributed by atoms with Gasteiger partial charge in [0.25, 0.3) is 5.91 Å². The molecule has 2 N–H and O–H groups in total. The molecule has 1 fully saturated rings. The number of sulfone groups is 1. The van der Waals surface area contributed by atoms with Crippen molar-refractivity contribution in [1.82, 2.24) is 15.5 Å². The molecule has 2 aromatic carbocycles. The molecule has 4 amide bonds. The van der Waals surface area contributed by atoms with Gasteiger partial charge in [-0.1, -0.05) is 48.5 Å². The zero-order valence-electron chi connectivity index (χ0n) is 16.3. The lowest BCUT2D eigenvalue weighted by atomic mass is 10.1. The molecule has 1 heterocycles. The molecule has 0 unspecified atom stereocenters. The molecule has 2 aliphatic rings. The van der Waals surface area contributed by atoms with E-state index in [1.807, 2.05) is 48.5 Å². The lowest BCUT2D eigenvalue weighted by molar-refractivity contribution is -0.132. The number of nitrogens with zero attached hydrogens (tertiary/aromatic N) is 1. The van der Waals surface area contributed by atoms with Gasteiger partial charge in [0.15, 0.2) is 0 Å². The Labute approximate surface area is 174 Å². The first-order valence-electron chi connectivity index (χ1n) is 9.52. The van der Waals surface area contributed by atoms with Crippen LogP contribution in [0.1, 0.15) is 23.6 Å². The molecular formula is C21H21N3O5S. The van der Waals surface area contributed by atoms with E-state index in [9.17, 15) is 22.8 Å². The summed E-state index contributed by atoms with van der Waals surface area (Å²) in [7, 11) is -3.27. The van der Waals surface area contributed by atoms with Crippen LogP contribution in [0.15, 0.2) is 48.5 Å². The molecule has 0 saturated carbocycles. The summed E-state index contributed by atoms with van der Waals surface area (Å²) >= 11 is 0. The van der Waals surface area contributed by atoms with Crippen molar-refractivity contribution >= 4 is 27.7 Å². The third-order valence-corrected chi connectivity index (χ3v) is 6.30. The fourth-order valence-corrected chi connectivity index (χ4v) is 4.58. The lowest BCUT2D eigenvalue weighted by Crippen LogP contribution is -2.42. The Bertz CT molecular complexity index is 1100. The maximum atomic E-state index is 12.7. The number of carbonyl (C=O) groups is 3. The van der Waals surface area contributed by atoms with Crippen LogP contribution in [0, 0.1) is 0 Å². The predicted molar refractivity (Wildman–Crippen MR) is 110 cm³/mol. The second-order valence-electron chi connectivity index (χ2n) is 7.52. The zero-order chi connectivity index (χ0) is 21.5. The highest BCUT2D eigenvalue weighted by Crippen LogP contribution is 2.42. The van der Waals surface area contributed by atoms with Crippen LogP contribution in [0.2, 0.25) is 0 Å². The van der Waals surface area contributed by atoms with Crippen LogP contribution in [0.4, 0.5) is 4.79 Å². The van der Waals surface area contributed by atoms with Crippen LogP contribution in [0.5, 0.6) is 0 Å². The minimum Gasteiger partial charge on any atom is -0.344 e. The van der Waals surface area contributed by atoms with Gasteiger partial charge in [-0.05, 0) is 28.7 Å². The van der Waals surface area contributed by atoms with Gasteiger partial charge in [0.2, 0.25) is 5.91 Å². The molecule has 0 aromatic heterocycles. The van der Waals surface area contributed by atoms with Crippen molar-refractivity contribution in [2.75, 3.05) is 18.6 Å². The standard InChI is InChI=1S/C21H21N3O5S/c1-30(28,29)11-10-17-20(26)24(21(27)22-17)12-18(25)23-19-15-8-4-2-6-13(15)14-7-3-5-9-16(14)19/h2-9,17,19H,10-12H2,1H3,(H,22,27)(H,23,25)/t17-/m0/s1. The van der Waals surface area contributed by atoms with Gasteiger partial charge < -0.3 is 10.6 Å². The Hall–Kier alpha value is -3.20. The van der Waals surface area contributed by atoms with Gasteiger partial charge in [-0.15, -0.1) is 0 Å². The number of amides is 4. The molecule has 2 aromatic rings. The molecule has 30 heavy (non-hydrogen) atoms. The van der Waals surface area contributed by atoms with Gasteiger partial charge in [-0.2, -0.15) is 0 Å². The number of hydrogen-bond donors (Lipinski definition) is 2. The van der Waals surface area contributed by atoms with E-state index in [-0.39, 0.29) is 18.2 Å². The molecule has 0 radical (unpaired) electrons. The van der Waals surface area contributed by atoms with Crippen molar-refractivity contribution in [3.8, 4) is 11.1 Å². The summed E-state index contributed by atoms with van der Waals surface area (Å²) in [6, 6.07) is 13.5. The Morgan fingerprint density at radius 2 is 1.60 bits per heavy atom. The summed E-state index contributed by atoms with van der Waals surface area (Å²) < 4.78 is 22.7. The van der Waals surface area contributed by atoms with Crippen molar-refractivity contribution in [2.24, 2.45) is 0 Å². The maximum absolute atomic E-state index is 12.7. The monoisotopic (exact) mass is 427 g/mol. The van der Waals surface area contributed by atoms with Gasteiger partial charge in [0.1, 0.15) is 22.4 Å². The zero-order valence-corrected chi connectivity index (χ0v) is 17.1. The minimum absolute atomic E-state index is 0.0229. The SMILES string of the molecule is CS(=O)(=O)CC[C@@H]1NC(=O)N(CC(=O)NC2c3ccccc3-c3ccccc32)C1=O. The second kappa shape index (κ2) is 7.56. The maximum Gasteiger partial charge on any atom is 0.325 e. The average Bonchev–Trinajstić information content (AvgIpc) is 3.16. The first kappa shape index (κ1) is 20.1. The van der Waals surface area contributed by atoms with Crippen LogP contribution < -0.4 is 10.6 Å². The highest BCUT2D eigenvalue weighted by Gasteiger charge is 2.39. The Morgan fingerprint density at radius 1 is 1.03 bits per heavy atom. The summed E-state index contributed by atoms with van der Waals surface area (Å²) in [5.41, 5.74) is 3.98. The van der Waals surface area contributed by atoms with Crippen LogP contribution in [0.3, 0.4) is 0 Å². The quantitative estimate of drug-likeness (QED) is 0.674. The van der Waals surface area contributed by atoms with Gasteiger partial charge in [0.05, 0.1) is 11.8 Å². The molecule has 1 aliphatic carbocycles. The van der Waals surface area contributed by atoms with Crippen molar-refractivity contribution in [1.29, 1.82) is 0 Å². The number of rotatable bonds is 6. The van der Waals surface area contributed by atoms with Gasteiger partial charge in [0, 0.05) is 6.26 Å². The number of fused-ring (bicyclic) bond motifs is 3. The van der Waals surface area contributed by atoms with Gasteiger partial charge in [-0.3, -0.25) is 14.5 Å². The number of nitrogens with one attached hydrogen (secondary N) is 2. The van der Waals surface area contributed by atoms with Gasteiger partial charge >= 0.3 is 6.03 Å². The fourth-order valence-electron chi connectivity index (χ4n) is 3.92. The summed E-state index contributed by atoms with van der Waals surface area (Å²) in [6.45, 7) is -0.430. The van der Waals surface area contributed by atoms with E-state index in [4.69, 9.17) is 0 Å². The summed E-state index contributed by atoms with van der Waals surface area (Å²) in [5, 5.41) is 5.37. The summed E-state index contributed by atoms with van der Waals surface area (Å²) in [5.74, 6) is -1.29. The average molecular weight is 427 g/mol. The van der Waals surface area contributed by atoms with Crippen molar-refractivity contribution < 1.29 is 22.8 Å². The number of urea groups is 1. The first-order valence-corrected chi connectivity index (χ1v) is 11.6. The van der Waals surface area contributed by atoms with Crippen LogP contribution in [-0.2, 0) is 19.4 Å². The third-order valence-electron chi connectivity index (χ3n) is 5.33. The summed E-state index contributed by atoms with van der Waals surface area (Å²) in [6.07, 6.45) is 1.04. The molecule has 1 atom stereocenters. The van der Waals surface area contributed by atoms with Crippen LogP contribution in [-0.4, -0.2) is 55.8 Å². The van der Waals surface area contributed by atoms with Crippen molar-refractivity contribution in [3.05, 3.63) is 59.7 Å². The molecule has 4 rings (SSSR count). The van der Waals surface area contributed by atoms with E-state index in [0.717, 1.165) is 33.4 Å². The Kier molecular flexibility index (Phi) is 5.07. The lowest BCUT2D eigenvalue weighted by Gasteiger charge is -2.18. The molecule has 9 heteroatoms. The molecule has 1 saturated heterocycles. The Morgan fingerprint density at radius 3 is 2.17 bits per heavy atom. The van der Waals surface area contributed by atoms with Crippen LogP contribution in [0.25, 0.3) is 11.1 Å². The number of carbonyl (C=O) groups excluding carboxylic acids is 3. The largest absolute Gasteiger partial charge is 0.344 e. The van der Waals surface area contributed by atoms with E-state index in [1.54, 1.807) is 0 Å². The fraction of sp³-hybridized carbons (Fsp3) is 0.286. The molecular weight excluding hydrogens is 406 g/mol. The highest BCUT2D eigenvalue weighted by molar-refractivity contribution is 7.90. The Balaban J connectivity index is 1.47. The molecule has 1 aliphatic heterocycles. The molecule has 156 valence electrons. The first-order chi connectivity index (χ1) is 14.2. The molecule has 8 nitrogen and oxygen atoms in total. The van der Waals surface area contributed by atoms with E-state index >= 15 is 0 Å². The number of imide groups is 1. The summed E-state index contributed by atoms with van der Waals surface area (Å²) in [4.78, 5) is 38.2. The van der Waals surface area contributed by atoms with Crippen molar-refractivity contribution in [2.45, 2.75) is 18.5 Å². The predicted octanol–water partition coefficient (Wildman–Crippen LogP) is 1.23. The molecule has 0 bridgehead atoms. The topological polar surface area (TPSA) is 113 Å². The van der Waals surface area contributed by atoms with E-state index in [1.165, 1.54) is 0 Å². The van der Waals surface area contributed by atoms with Crippen LogP contribution >= 0.6 is 0 Å². The number of hydrogen-bond acceptors (Lipinski definition) is 5. The second-order valence-corrected chi connectivity index (χ2v) is 9.78. The van der Waals surface area contributed by atoms with E-state index in [0.29, 0.717) is 0 Å². The minimum atomic E-state index is -3.27. The normalized spacial score (nSPS) is 18.2. The van der Waals surface area contributed by atoms with Gasteiger partial charge in [-0.25, -0.2) is 13.2 Å². The molecule has 0 spiro atoms. The smallest absolute Gasteiger partial charge is 0.325 e. The number of benzene rings is 2. The highest BCUT2D eigenvalue weighted by atomic mass is 32.2.